The second-order valence-electron chi connectivity index (χ2n) is 6.39. The Bertz CT molecular complexity index is 812. The SMILES string of the molecule is O=C(c1ccc(C(F)(F)F)cc1)N1CCN(Cc2ccc(F)c(F)c2)CC1. The van der Waals surface area contributed by atoms with Gasteiger partial charge >= 0.3 is 6.18 Å². The van der Waals surface area contributed by atoms with Gasteiger partial charge in [0.15, 0.2) is 11.6 Å². The van der Waals surface area contributed by atoms with Crippen LogP contribution in [-0.4, -0.2) is 41.9 Å². The number of benzene rings is 2. The minimum absolute atomic E-state index is 0.206. The summed E-state index contributed by atoms with van der Waals surface area (Å²) in [5, 5.41) is 0. The summed E-state index contributed by atoms with van der Waals surface area (Å²) in [7, 11) is 0. The van der Waals surface area contributed by atoms with Crippen LogP contribution in [0.1, 0.15) is 21.5 Å². The lowest BCUT2D eigenvalue weighted by molar-refractivity contribution is -0.137. The number of rotatable bonds is 3. The van der Waals surface area contributed by atoms with Crippen LogP contribution in [0.4, 0.5) is 22.0 Å². The average Bonchev–Trinajstić information content (AvgIpc) is 2.64. The maximum absolute atomic E-state index is 13.3. The number of amides is 1. The molecule has 2 aromatic carbocycles. The van der Waals surface area contributed by atoms with Crippen molar-refractivity contribution in [2.75, 3.05) is 26.2 Å². The molecular weight excluding hydrogens is 367 g/mol. The molecule has 144 valence electrons. The first-order valence-corrected chi connectivity index (χ1v) is 8.37. The molecule has 0 saturated carbocycles. The normalized spacial score (nSPS) is 15.8. The van der Waals surface area contributed by atoms with Crippen molar-refractivity contribution in [2.45, 2.75) is 12.7 Å². The molecule has 3 nitrogen and oxygen atoms in total. The van der Waals surface area contributed by atoms with Crippen molar-refractivity contribution < 1.29 is 26.7 Å². The fourth-order valence-electron chi connectivity index (χ4n) is 2.99. The molecule has 0 radical (unpaired) electrons. The maximum Gasteiger partial charge on any atom is 0.416 e. The van der Waals surface area contributed by atoms with Crippen molar-refractivity contribution in [2.24, 2.45) is 0 Å². The Morgan fingerprint density at radius 2 is 1.52 bits per heavy atom. The van der Waals surface area contributed by atoms with Crippen molar-refractivity contribution in [3.63, 3.8) is 0 Å². The topological polar surface area (TPSA) is 23.6 Å². The highest BCUT2D eigenvalue weighted by atomic mass is 19.4. The number of carbonyl (C=O) groups is 1. The van der Waals surface area contributed by atoms with E-state index >= 15 is 0 Å². The highest BCUT2D eigenvalue weighted by Crippen LogP contribution is 2.29. The summed E-state index contributed by atoms with van der Waals surface area (Å²) in [5.41, 5.74) is 0.0453. The van der Waals surface area contributed by atoms with Gasteiger partial charge in [0.1, 0.15) is 0 Å². The van der Waals surface area contributed by atoms with E-state index in [0.717, 1.165) is 24.3 Å². The van der Waals surface area contributed by atoms with Crippen molar-refractivity contribution >= 4 is 5.91 Å². The van der Waals surface area contributed by atoms with Crippen LogP contribution < -0.4 is 0 Å². The van der Waals surface area contributed by atoms with Gasteiger partial charge in [-0.25, -0.2) is 8.78 Å². The van der Waals surface area contributed by atoms with Crippen LogP contribution in [0, 0.1) is 11.6 Å². The molecule has 1 aliphatic rings. The first-order chi connectivity index (χ1) is 12.7. The minimum atomic E-state index is -4.44. The lowest BCUT2D eigenvalue weighted by Gasteiger charge is -2.34. The Morgan fingerprint density at radius 3 is 2.07 bits per heavy atom. The highest BCUT2D eigenvalue weighted by molar-refractivity contribution is 5.94. The third-order valence-electron chi connectivity index (χ3n) is 4.51. The summed E-state index contributed by atoms with van der Waals surface area (Å²) in [6.45, 7) is 2.31. The van der Waals surface area contributed by atoms with E-state index in [1.54, 1.807) is 4.90 Å². The summed E-state index contributed by atoms with van der Waals surface area (Å²) >= 11 is 0. The molecule has 0 N–H and O–H groups in total. The van der Waals surface area contributed by atoms with E-state index in [-0.39, 0.29) is 11.5 Å². The van der Waals surface area contributed by atoms with Gasteiger partial charge < -0.3 is 4.90 Å². The Morgan fingerprint density at radius 1 is 0.889 bits per heavy atom. The lowest BCUT2D eigenvalue weighted by Crippen LogP contribution is -2.48. The van der Waals surface area contributed by atoms with Gasteiger partial charge in [0.25, 0.3) is 5.91 Å². The smallest absolute Gasteiger partial charge is 0.336 e. The Labute approximate surface area is 153 Å². The fourth-order valence-corrected chi connectivity index (χ4v) is 2.99. The van der Waals surface area contributed by atoms with E-state index < -0.39 is 23.4 Å². The molecule has 27 heavy (non-hydrogen) atoms. The molecule has 1 saturated heterocycles. The second-order valence-corrected chi connectivity index (χ2v) is 6.39. The summed E-state index contributed by atoms with van der Waals surface area (Å²) < 4.78 is 64.0. The molecule has 2 aromatic rings. The second kappa shape index (κ2) is 7.64. The molecule has 3 rings (SSSR count). The first-order valence-electron chi connectivity index (χ1n) is 8.37. The van der Waals surface area contributed by atoms with Crippen molar-refractivity contribution in [1.29, 1.82) is 0 Å². The van der Waals surface area contributed by atoms with Crippen molar-refractivity contribution in [3.8, 4) is 0 Å². The van der Waals surface area contributed by atoms with E-state index in [4.69, 9.17) is 0 Å². The standard InChI is InChI=1S/C19H17F5N2O/c20-16-6-1-13(11-17(16)21)12-25-7-9-26(10-8-25)18(27)14-2-4-15(5-3-14)19(22,23)24/h1-6,11H,7-10,12H2. The zero-order valence-electron chi connectivity index (χ0n) is 14.3. The van der Waals surface area contributed by atoms with Gasteiger partial charge in [-0.05, 0) is 42.0 Å². The highest BCUT2D eigenvalue weighted by Gasteiger charge is 2.30. The Hall–Kier alpha value is -2.48. The molecular formula is C19H17F5N2O. The van der Waals surface area contributed by atoms with E-state index in [0.29, 0.717) is 38.3 Å². The zero-order chi connectivity index (χ0) is 19.6. The zero-order valence-corrected chi connectivity index (χ0v) is 14.3. The van der Waals surface area contributed by atoms with Crippen LogP contribution in [0.2, 0.25) is 0 Å². The molecule has 0 aliphatic carbocycles. The number of carbonyl (C=O) groups excluding carboxylic acids is 1. The number of halogens is 5. The first kappa shape index (κ1) is 19.3. The van der Waals surface area contributed by atoms with Gasteiger partial charge in [-0.3, -0.25) is 9.69 Å². The molecule has 0 unspecified atom stereocenters. The lowest BCUT2D eigenvalue weighted by atomic mass is 10.1. The number of hydrogen-bond donors (Lipinski definition) is 0. The fraction of sp³-hybridized carbons (Fsp3) is 0.316. The van der Waals surface area contributed by atoms with Crippen molar-refractivity contribution in [1.82, 2.24) is 9.80 Å². The molecule has 1 heterocycles. The van der Waals surface area contributed by atoms with Crippen LogP contribution in [0.5, 0.6) is 0 Å². The van der Waals surface area contributed by atoms with Gasteiger partial charge in [0, 0.05) is 38.3 Å². The molecule has 1 aliphatic heterocycles. The van der Waals surface area contributed by atoms with Crippen LogP contribution in [0.3, 0.4) is 0 Å². The van der Waals surface area contributed by atoms with E-state index in [1.165, 1.54) is 18.2 Å². The van der Waals surface area contributed by atoms with Gasteiger partial charge in [-0.2, -0.15) is 13.2 Å². The average molecular weight is 384 g/mol. The van der Waals surface area contributed by atoms with Gasteiger partial charge in [-0.15, -0.1) is 0 Å². The molecule has 8 heteroatoms. The third kappa shape index (κ3) is 4.63. The molecule has 1 amide bonds. The van der Waals surface area contributed by atoms with E-state index in [2.05, 4.69) is 0 Å². The maximum atomic E-state index is 13.3. The quantitative estimate of drug-likeness (QED) is 0.749. The molecule has 0 aromatic heterocycles. The Balaban J connectivity index is 1.56. The summed E-state index contributed by atoms with van der Waals surface area (Å²) in [5.74, 6) is -2.12. The van der Waals surface area contributed by atoms with Gasteiger partial charge in [-0.1, -0.05) is 6.07 Å². The largest absolute Gasteiger partial charge is 0.416 e. The number of alkyl halides is 3. The third-order valence-corrected chi connectivity index (χ3v) is 4.51. The van der Waals surface area contributed by atoms with Crippen LogP contribution in [0.25, 0.3) is 0 Å². The van der Waals surface area contributed by atoms with Gasteiger partial charge in [0.05, 0.1) is 5.56 Å². The van der Waals surface area contributed by atoms with Crippen LogP contribution in [-0.2, 0) is 12.7 Å². The molecule has 0 bridgehead atoms. The minimum Gasteiger partial charge on any atom is -0.336 e. The predicted octanol–water partition coefficient (Wildman–Crippen LogP) is 3.94. The van der Waals surface area contributed by atoms with Crippen LogP contribution >= 0.6 is 0 Å². The van der Waals surface area contributed by atoms with Crippen molar-refractivity contribution in [3.05, 3.63) is 70.8 Å². The summed E-state index contributed by atoms with van der Waals surface area (Å²) in [4.78, 5) is 16.0. The molecule has 1 fully saturated rings. The summed E-state index contributed by atoms with van der Waals surface area (Å²) in [6, 6.07) is 7.89. The molecule has 0 spiro atoms. The number of hydrogen-bond acceptors (Lipinski definition) is 2. The van der Waals surface area contributed by atoms with E-state index in [1.807, 2.05) is 4.90 Å². The number of nitrogens with zero attached hydrogens (tertiary/aromatic N) is 2. The Kier molecular flexibility index (Phi) is 5.46. The van der Waals surface area contributed by atoms with E-state index in [9.17, 15) is 26.7 Å². The monoisotopic (exact) mass is 384 g/mol. The van der Waals surface area contributed by atoms with Gasteiger partial charge in [0.2, 0.25) is 0 Å². The number of piperazine rings is 1. The predicted molar refractivity (Wildman–Crippen MR) is 89.0 cm³/mol. The molecule has 0 atom stereocenters. The summed E-state index contributed by atoms with van der Waals surface area (Å²) in [6.07, 6.45) is -4.44. The van der Waals surface area contributed by atoms with Crippen LogP contribution in [0.15, 0.2) is 42.5 Å².